The van der Waals surface area contributed by atoms with E-state index in [2.05, 4.69) is 15.3 Å². The molecule has 10 heteroatoms. The van der Waals surface area contributed by atoms with Gasteiger partial charge in [0.2, 0.25) is 5.91 Å². The molecule has 2 amide bonds. The third kappa shape index (κ3) is 5.00. The van der Waals surface area contributed by atoms with Crippen molar-refractivity contribution in [2.45, 2.75) is 13.0 Å². The van der Waals surface area contributed by atoms with Crippen LogP contribution in [0.15, 0.2) is 48.5 Å². The van der Waals surface area contributed by atoms with Gasteiger partial charge in [0.25, 0.3) is 5.91 Å². The second-order valence-electron chi connectivity index (χ2n) is 6.30. The third-order valence-electron chi connectivity index (χ3n) is 4.00. The fraction of sp³-hybridized carbons (Fsp3) is 0.100. The molecule has 0 fully saturated rings. The minimum atomic E-state index is -0.759. The number of aromatic nitrogens is 2. The number of nitrogens with zero attached hydrogens (tertiary/aromatic N) is 2. The summed E-state index contributed by atoms with van der Waals surface area (Å²) >= 11 is 5.86. The van der Waals surface area contributed by atoms with Crippen molar-refractivity contribution in [1.29, 1.82) is 0 Å². The SMILES string of the molecule is C[C@H](Nc1cc(C(N)=O)nc(-c2ccc(Oc3cc(Cl)ccc3F)cc2)n1)C(N)=O. The summed E-state index contributed by atoms with van der Waals surface area (Å²) in [5, 5.41) is 3.13. The van der Waals surface area contributed by atoms with Crippen molar-refractivity contribution < 1.29 is 18.7 Å². The molecular formula is C20H17ClFN5O3. The van der Waals surface area contributed by atoms with E-state index in [0.717, 1.165) is 0 Å². The van der Waals surface area contributed by atoms with Gasteiger partial charge in [-0.2, -0.15) is 0 Å². The molecule has 1 atom stereocenters. The Morgan fingerprint density at radius 3 is 2.43 bits per heavy atom. The molecule has 1 heterocycles. The third-order valence-corrected chi connectivity index (χ3v) is 4.24. The van der Waals surface area contributed by atoms with Crippen molar-refractivity contribution in [3.63, 3.8) is 0 Å². The monoisotopic (exact) mass is 429 g/mol. The Kier molecular flexibility index (Phi) is 6.12. The molecule has 30 heavy (non-hydrogen) atoms. The lowest BCUT2D eigenvalue weighted by Gasteiger charge is -2.13. The molecular weight excluding hydrogens is 413 g/mol. The maximum Gasteiger partial charge on any atom is 0.267 e. The van der Waals surface area contributed by atoms with Crippen LogP contribution in [0.5, 0.6) is 11.5 Å². The van der Waals surface area contributed by atoms with Crippen LogP contribution in [0, 0.1) is 5.82 Å². The summed E-state index contributed by atoms with van der Waals surface area (Å²) in [6.07, 6.45) is 0. The molecule has 8 nitrogen and oxygen atoms in total. The molecule has 2 aromatic carbocycles. The largest absolute Gasteiger partial charge is 0.454 e. The van der Waals surface area contributed by atoms with E-state index in [0.29, 0.717) is 16.3 Å². The molecule has 0 aliphatic rings. The van der Waals surface area contributed by atoms with Gasteiger partial charge in [-0.15, -0.1) is 0 Å². The van der Waals surface area contributed by atoms with Gasteiger partial charge in [0.05, 0.1) is 0 Å². The number of amides is 2. The fourth-order valence-corrected chi connectivity index (χ4v) is 2.59. The summed E-state index contributed by atoms with van der Waals surface area (Å²) in [5.74, 6) is -1.18. The van der Waals surface area contributed by atoms with Crippen molar-refractivity contribution >= 4 is 29.2 Å². The highest BCUT2D eigenvalue weighted by atomic mass is 35.5. The van der Waals surface area contributed by atoms with E-state index in [1.165, 1.54) is 24.3 Å². The molecule has 0 aliphatic carbocycles. The second kappa shape index (κ2) is 8.75. The first-order valence-electron chi connectivity index (χ1n) is 8.71. The molecule has 0 spiro atoms. The number of nitrogens with two attached hydrogens (primary N) is 2. The van der Waals surface area contributed by atoms with Gasteiger partial charge in [-0.25, -0.2) is 14.4 Å². The van der Waals surface area contributed by atoms with Crippen molar-refractivity contribution in [3.05, 3.63) is 65.1 Å². The number of carbonyl (C=O) groups excluding carboxylic acids is 2. The lowest BCUT2D eigenvalue weighted by molar-refractivity contribution is -0.118. The number of anilines is 1. The molecule has 154 valence electrons. The summed E-state index contributed by atoms with van der Waals surface area (Å²) < 4.78 is 19.3. The lowest BCUT2D eigenvalue weighted by atomic mass is 10.2. The first kappa shape index (κ1) is 21.0. The molecule has 3 aromatic rings. The van der Waals surface area contributed by atoms with Gasteiger partial charge < -0.3 is 21.5 Å². The number of benzene rings is 2. The number of primary amides is 2. The van der Waals surface area contributed by atoms with Gasteiger partial charge in [0.1, 0.15) is 23.3 Å². The maximum absolute atomic E-state index is 13.8. The second-order valence-corrected chi connectivity index (χ2v) is 6.73. The van der Waals surface area contributed by atoms with Crippen LogP contribution in [-0.2, 0) is 4.79 Å². The average molecular weight is 430 g/mol. The van der Waals surface area contributed by atoms with Crippen LogP contribution in [0.3, 0.4) is 0 Å². The number of halogens is 2. The Labute approximate surface area is 176 Å². The average Bonchev–Trinajstić information content (AvgIpc) is 2.71. The lowest BCUT2D eigenvalue weighted by Crippen LogP contribution is -2.33. The Balaban J connectivity index is 1.89. The van der Waals surface area contributed by atoms with Gasteiger partial charge in [-0.1, -0.05) is 11.6 Å². The highest BCUT2D eigenvalue weighted by Crippen LogP contribution is 2.29. The Morgan fingerprint density at radius 2 is 1.80 bits per heavy atom. The zero-order valence-corrected chi connectivity index (χ0v) is 16.5. The predicted octanol–water partition coefficient (Wildman–Crippen LogP) is 3.11. The molecule has 0 saturated carbocycles. The number of ether oxygens (including phenoxy) is 1. The van der Waals surface area contributed by atoms with Crippen LogP contribution in [0.2, 0.25) is 5.02 Å². The number of rotatable bonds is 7. The van der Waals surface area contributed by atoms with E-state index in [9.17, 15) is 14.0 Å². The molecule has 3 rings (SSSR count). The number of nitrogens with one attached hydrogen (secondary N) is 1. The van der Waals surface area contributed by atoms with Crippen molar-refractivity contribution in [1.82, 2.24) is 9.97 Å². The van der Waals surface area contributed by atoms with Crippen LogP contribution in [-0.4, -0.2) is 27.8 Å². The van der Waals surface area contributed by atoms with Crippen molar-refractivity contribution in [2.75, 3.05) is 5.32 Å². The van der Waals surface area contributed by atoms with Gasteiger partial charge in [-0.05, 0) is 43.3 Å². The number of hydrogen-bond donors (Lipinski definition) is 3. The van der Waals surface area contributed by atoms with Crippen molar-refractivity contribution in [2.24, 2.45) is 11.5 Å². The van der Waals surface area contributed by atoms with E-state index < -0.39 is 23.7 Å². The minimum Gasteiger partial charge on any atom is -0.454 e. The van der Waals surface area contributed by atoms with E-state index in [1.54, 1.807) is 31.2 Å². The van der Waals surface area contributed by atoms with Crippen molar-refractivity contribution in [3.8, 4) is 22.9 Å². The highest BCUT2D eigenvalue weighted by Gasteiger charge is 2.15. The van der Waals surface area contributed by atoms with E-state index in [-0.39, 0.29) is 23.1 Å². The van der Waals surface area contributed by atoms with Crippen LogP contribution < -0.4 is 21.5 Å². The van der Waals surface area contributed by atoms with E-state index in [1.807, 2.05) is 0 Å². The minimum absolute atomic E-state index is 0.0193. The number of hydrogen-bond acceptors (Lipinski definition) is 6. The molecule has 0 aliphatic heterocycles. The molecule has 0 unspecified atom stereocenters. The van der Waals surface area contributed by atoms with Gasteiger partial charge >= 0.3 is 0 Å². The zero-order chi connectivity index (χ0) is 21.8. The summed E-state index contributed by atoms with van der Waals surface area (Å²) in [7, 11) is 0. The van der Waals surface area contributed by atoms with Crippen LogP contribution >= 0.6 is 11.6 Å². The Hall–Kier alpha value is -3.72. The van der Waals surface area contributed by atoms with Gasteiger partial charge in [0.15, 0.2) is 17.4 Å². The van der Waals surface area contributed by atoms with Gasteiger partial charge in [0, 0.05) is 22.7 Å². The Morgan fingerprint density at radius 1 is 1.10 bits per heavy atom. The molecule has 0 saturated heterocycles. The van der Waals surface area contributed by atoms with Gasteiger partial charge in [-0.3, -0.25) is 9.59 Å². The maximum atomic E-state index is 13.8. The van der Waals surface area contributed by atoms with Crippen LogP contribution in [0.1, 0.15) is 17.4 Å². The summed E-state index contributed by atoms with van der Waals surface area (Å²) in [4.78, 5) is 31.3. The normalized spacial score (nSPS) is 11.6. The van der Waals surface area contributed by atoms with E-state index >= 15 is 0 Å². The van der Waals surface area contributed by atoms with E-state index in [4.69, 9.17) is 27.8 Å². The smallest absolute Gasteiger partial charge is 0.267 e. The quantitative estimate of drug-likeness (QED) is 0.528. The fourth-order valence-electron chi connectivity index (χ4n) is 2.42. The summed E-state index contributed by atoms with van der Waals surface area (Å²) in [6, 6.07) is 11.0. The van der Waals surface area contributed by atoms with Crippen LogP contribution in [0.25, 0.3) is 11.4 Å². The topological polar surface area (TPSA) is 133 Å². The first-order valence-corrected chi connectivity index (χ1v) is 9.09. The summed E-state index contributed by atoms with van der Waals surface area (Å²) in [6.45, 7) is 1.55. The Bertz CT molecular complexity index is 1110. The van der Waals surface area contributed by atoms with Crippen LogP contribution in [0.4, 0.5) is 10.2 Å². The predicted molar refractivity (Wildman–Crippen MR) is 110 cm³/mol. The number of carbonyl (C=O) groups is 2. The molecule has 1 aromatic heterocycles. The first-order chi connectivity index (χ1) is 14.2. The molecule has 0 radical (unpaired) electrons. The summed E-state index contributed by atoms with van der Waals surface area (Å²) in [5.41, 5.74) is 11.1. The highest BCUT2D eigenvalue weighted by molar-refractivity contribution is 6.30. The zero-order valence-electron chi connectivity index (χ0n) is 15.7. The standard InChI is InChI=1S/C20H17ClFN5O3/c1-10(18(23)28)25-17-9-15(19(24)29)26-20(27-17)11-2-5-13(6-3-11)30-16-8-12(21)4-7-14(16)22/h2-10H,1H3,(H2,23,28)(H2,24,29)(H,25,26,27)/t10-/m0/s1. The molecule has 5 N–H and O–H groups in total. The molecule has 0 bridgehead atoms.